The Morgan fingerprint density at radius 2 is 2.27 bits per heavy atom. The Kier molecular flexibility index (Phi) is 2.84. The third-order valence-electron chi connectivity index (χ3n) is 2.22. The first-order chi connectivity index (χ1) is 7.08. The van der Waals surface area contributed by atoms with Gasteiger partial charge in [0.25, 0.3) is 5.56 Å². The molecule has 1 atom stereocenters. The fourth-order valence-corrected chi connectivity index (χ4v) is 2.27. The molecule has 1 aromatic rings. The van der Waals surface area contributed by atoms with Gasteiger partial charge in [-0.05, 0) is 6.07 Å². The summed E-state index contributed by atoms with van der Waals surface area (Å²) in [6.07, 6.45) is 1.81. The summed E-state index contributed by atoms with van der Waals surface area (Å²) in [4.78, 5) is 27.1. The summed E-state index contributed by atoms with van der Waals surface area (Å²) in [5.41, 5.74) is 0.0174. The molecule has 1 saturated heterocycles. The number of hydrogen-bond donors (Lipinski definition) is 1. The number of nitrogens with one attached hydrogen (secondary N) is 1. The van der Waals surface area contributed by atoms with Crippen molar-refractivity contribution in [1.82, 2.24) is 4.98 Å². The number of hydrogen-bond acceptors (Lipinski definition) is 2. The summed E-state index contributed by atoms with van der Waals surface area (Å²) in [6.45, 7) is 0.502. The second-order valence-corrected chi connectivity index (χ2v) is 5.07. The highest BCUT2D eigenvalue weighted by Crippen LogP contribution is 2.23. The molecule has 0 radical (unpaired) electrons. The van der Waals surface area contributed by atoms with Gasteiger partial charge in [0.2, 0.25) is 5.91 Å². The van der Waals surface area contributed by atoms with Crippen molar-refractivity contribution in [3.63, 3.8) is 0 Å². The van der Waals surface area contributed by atoms with Crippen LogP contribution in [0.2, 0.25) is 5.02 Å². The topological polar surface area (TPSA) is 53.2 Å². The quantitative estimate of drug-likeness (QED) is 0.798. The van der Waals surface area contributed by atoms with Gasteiger partial charge in [0.1, 0.15) is 5.69 Å². The molecule has 0 spiro atoms. The Labute approximate surface area is 99.4 Å². The van der Waals surface area contributed by atoms with Crippen molar-refractivity contribution in [2.24, 2.45) is 0 Å². The van der Waals surface area contributed by atoms with E-state index in [1.807, 2.05) is 0 Å². The van der Waals surface area contributed by atoms with Gasteiger partial charge in [-0.1, -0.05) is 27.5 Å². The summed E-state index contributed by atoms with van der Waals surface area (Å²) in [5.74, 6) is -0.0651. The lowest BCUT2D eigenvalue weighted by Crippen LogP contribution is -2.30. The summed E-state index contributed by atoms with van der Waals surface area (Å²) in [7, 11) is 0. The minimum atomic E-state index is -0.297. The minimum absolute atomic E-state index is 0.0651. The lowest BCUT2D eigenvalue weighted by molar-refractivity contribution is -0.117. The van der Waals surface area contributed by atoms with Gasteiger partial charge in [-0.2, -0.15) is 0 Å². The van der Waals surface area contributed by atoms with E-state index in [-0.39, 0.29) is 16.3 Å². The molecule has 2 rings (SSSR count). The van der Waals surface area contributed by atoms with Crippen molar-refractivity contribution < 1.29 is 4.79 Å². The average Bonchev–Trinajstić information content (AvgIpc) is 2.50. The Hall–Kier alpha value is -0.810. The van der Waals surface area contributed by atoms with E-state index in [0.29, 0.717) is 23.7 Å². The van der Waals surface area contributed by atoms with Gasteiger partial charge in [0.05, 0.1) is 5.02 Å². The molecule has 1 aromatic heterocycles. The molecular formula is C9H8BrClN2O2. The highest BCUT2D eigenvalue weighted by atomic mass is 79.9. The number of H-pyrrole nitrogens is 1. The van der Waals surface area contributed by atoms with E-state index in [4.69, 9.17) is 11.6 Å². The minimum Gasteiger partial charge on any atom is -0.326 e. The van der Waals surface area contributed by atoms with Crippen LogP contribution in [0.25, 0.3) is 0 Å². The summed E-state index contributed by atoms with van der Waals surface area (Å²) in [6, 6.07) is 1.50. The van der Waals surface area contributed by atoms with E-state index >= 15 is 0 Å². The molecule has 0 bridgehead atoms. The zero-order chi connectivity index (χ0) is 11.0. The van der Waals surface area contributed by atoms with Gasteiger partial charge >= 0.3 is 0 Å². The van der Waals surface area contributed by atoms with Gasteiger partial charge in [-0.3, -0.25) is 9.59 Å². The van der Waals surface area contributed by atoms with Gasteiger partial charge in [-0.25, -0.2) is 0 Å². The zero-order valence-corrected chi connectivity index (χ0v) is 10.0. The number of nitrogens with zero attached hydrogens (tertiary/aromatic N) is 1. The molecule has 1 aliphatic heterocycles. The van der Waals surface area contributed by atoms with Crippen molar-refractivity contribution in [2.45, 2.75) is 11.2 Å². The van der Waals surface area contributed by atoms with Crippen molar-refractivity contribution in [1.29, 1.82) is 0 Å². The van der Waals surface area contributed by atoms with Crippen LogP contribution in [0.3, 0.4) is 0 Å². The summed E-state index contributed by atoms with van der Waals surface area (Å²) >= 11 is 9.11. The number of carbonyl (C=O) groups excluding carboxylic acids is 1. The molecule has 2 heterocycles. The molecule has 80 valence electrons. The van der Waals surface area contributed by atoms with Gasteiger partial charge in [-0.15, -0.1) is 0 Å². The number of pyridine rings is 1. The Morgan fingerprint density at radius 3 is 2.87 bits per heavy atom. The van der Waals surface area contributed by atoms with Crippen LogP contribution in [-0.2, 0) is 4.79 Å². The van der Waals surface area contributed by atoms with Crippen molar-refractivity contribution in [3.8, 4) is 0 Å². The highest BCUT2D eigenvalue weighted by molar-refractivity contribution is 9.09. The third kappa shape index (κ3) is 2.08. The number of aromatic nitrogens is 1. The number of anilines is 1. The molecular weight excluding hydrogens is 283 g/mol. The summed E-state index contributed by atoms with van der Waals surface area (Å²) in [5, 5.41) is 0.412. The first-order valence-electron chi connectivity index (χ1n) is 4.40. The maximum absolute atomic E-state index is 11.5. The number of amides is 1. The Morgan fingerprint density at radius 1 is 1.53 bits per heavy atom. The molecule has 1 N–H and O–H groups in total. The van der Waals surface area contributed by atoms with Crippen LogP contribution in [-0.4, -0.2) is 22.3 Å². The molecule has 1 amide bonds. The molecule has 0 saturated carbocycles. The third-order valence-corrected chi connectivity index (χ3v) is 3.05. The number of rotatable bonds is 1. The second kappa shape index (κ2) is 3.98. The molecule has 15 heavy (non-hydrogen) atoms. The van der Waals surface area contributed by atoms with Crippen molar-refractivity contribution in [3.05, 3.63) is 27.6 Å². The largest absolute Gasteiger partial charge is 0.326 e. The van der Waals surface area contributed by atoms with Crippen LogP contribution in [0, 0.1) is 0 Å². The molecule has 6 heteroatoms. The van der Waals surface area contributed by atoms with Crippen LogP contribution in [0.4, 0.5) is 5.69 Å². The standard InChI is InChI=1S/C9H8BrClN2O2/c10-5-1-8(14)13(4-5)7-2-6(11)3-12-9(7)15/h2-3,5H,1,4H2,(H,12,15). The van der Waals surface area contributed by atoms with Crippen LogP contribution in [0.15, 0.2) is 17.1 Å². The van der Waals surface area contributed by atoms with E-state index in [0.717, 1.165) is 0 Å². The molecule has 4 nitrogen and oxygen atoms in total. The van der Waals surface area contributed by atoms with Gasteiger partial charge in [0.15, 0.2) is 0 Å². The Bertz CT molecular complexity index is 460. The molecule has 1 aliphatic rings. The fourth-order valence-electron chi connectivity index (χ4n) is 1.54. The van der Waals surface area contributed by atoms with Crippen LogP contribution < -0.4 is 10.5 Å². The second-order valence-electron chi connectivity index (χ2n) is 3.34. The van der Waals surface area contributed by atoms with Crippen LogP contribution in [0.5, 0.6) is 0 Å². The lowest BCUT2D eigenvalue weighted by atomic mass is 10.4. The van der Waals surface area contributed by atoms with Crippen LogP contribution in [0.1, 0.15) is 6.42 Å². The maximum Gasteiger partial charge on any atom is 0.272 e. The fraction of sp³-hybridized carbons (Fsp3) is 0.333. The average molecular weight is 292 g/mol. The Balaban J connectivity index is 2.41. The SMILES string of the molecule is O=C1CC(Br)CN1c1cc(Cl)c[nH]c1=O. The molecule has 1 fully saturated rings. The number of halogens is 2. The predicted octanol–water partition coefficient (Wildman–Crippen LogP) is 1.53. The van der Waals surface area contributed by atoms with E-state index in [9.17, 15) is 9.59 Å². The van der Waals surface area contributed by atoms with Crippen molar-refractivity contribution >= 4 is 39.1 Å². The smallest absolute Gasteiger partial charge is 0.272 e. The first kappa shape index (κ1) is 10.7. The van der Waals surface area contributed by atoms with Crippen LogP contribution >= 0.6 is 27.5 Å². The maximum atomic E-state index is 11.5. The molecule has 0 aliphatic carbocycles. The van der Waals surface area contributed by atoms with E-state index in [2.05, 4.69) is 20.9 Å². The predicted molar refractivity (Wildman–Crippen MR) is 61.8 cm³/mol. The van der Waals surface area contributed by atoms with Gasteiger partial charge in [0, 0.05) is 24.0 Å². The molecule has 0 aromatic carbocycles. The van der Waals surface area contributed by atoms with Gasteiger partial charge < -0.3 is 9.88 Å². The van der Waals surface area contributed by atoms with E-state index < -0.39 is 0 Å². The molecule has 1 unspecified atom stereocenters. The zero-order valence-electron chi connectivity index (χ0n) is 7.67. The normalized spacial score (nSPS) is 21.1. The lowest BCUT2D eigenvalue weighted by Gasteiger charge is -2.14. The number of alkyl halides is 1. The van der Waals surface area contributed by atoms with E-state index in [1.165, 1.54) is 17.2 Å². The van der Waals surface area contributed by atoms with E-state index in [1.54, 1.807) is 0 Å². The monoisotopic (exact) mass is 290 g/mol. The van der Waals surface area contributed by atoms with Crippen molar-refractivity contribution in [2.75, 3.05) is 11.4 Å². The number of aromatic amines is 1. The first-order valence-corrected chi connectivity index (χ1v) is 5.70. The highest BCUT2D eigenvalue weighted by Gasteiger charge is 2.30. The number of carbonyl (C=O) groups is 1. The summed E-state index contributed by atoms with van der Waals surface area (Å²) < 4.78 is 0.